The summed E-state index contributed by atoms with van der Waals surface area (Å²) in [6.07, 6.45) is 5.34. The maximum atomic E-state index is 5.67. The second-order valence-corrected chi connectivity index (χ2v) is 7.40. The van der Waals surface area contributed by atoms with Crippen molar-refractivity contribution in [2.75, 3.05) is 0 Å². The Hall–Kier alpha value is -3.39. The van der Waals surface area contributed by atoms with Crippen LogP contribution in [0.4, 0.5) is 0 Å². The molecule has 4 aromatic rings. The first-order valence-electron chi connectivity index (χ1n) is 10.1. The van der Waals surface area contributed by atoms with Crippen molar-refractivity contribution in [3.63, 3.8) is 0 Å². The number of benzene rings is 3. The van der Waals surface area contributed by atoms with Gasteiger partial charge >= 0.3 is 0 Å². The highest BCUT2D eigenvalue weighted by Gasteiger charge is 2.13. The van der Waals surface area contributed by atoms with Crippen molar-refractivity contribution < 1.29 is 4.52 Å². The molecule has 0 saturated heterocycles. The minimum Gasteiger partial charge on any atom is -0.355 e. The van der Waals surface area contributed by atoms with Gasteiger partial charge in [-0.15, -0.1) is 0 Å². The molecule has 144 valence electrons. The molecule has 1 atom stereocenters. The highest BCUT2D eigenvalue weighted by molar-refractivity contribution is 5.74. The van der Waals surface area contributed by atoms with E-state index < -0.39 is 0 Å². The first-order chi connectivity index (χ1) is 14.2. The standard InChI is InChI=1S/C27H25NO/c1-20(22-11-5-3-6-12-22)10-9-15-26-21(2)28-29-27(26)25-18-16-24(17-19-25)23-13-7-4-8-14-23/h3-9,11-20H,10H2,1-2H3/b15-9-. The molecule has 0 spiro atoms. The topological polar surface area (TPSA) is 26.0 Å². The van der Waals surface area contributed by atoms with Gasteiger partial charge in [0.2, 0.25) is 0 Å². The van der Waals surface area contributed by atoms with Crippen LogP contribution in [0.1, 0.15) is 36.1 Å². The molecule has 0 fully saturated rings. The van der Waals surface area contributed by atoms with E-state index in [1.165, 1.54) is 16.7 Å². The Morgan fingerprint density at radius 2 is 1.38 bits per heavy atom. The van der Waals surface area contributed by atoms with Crippen molar-refractivity contribution in [3.8, 4) is 22.5 Å². The summed E-state index contributed by atoms with van der Waals surface area (Å²) in [5.74, 6) is 1.30. The zero-order valence-electron chi connectivity index (χ0n) is 16.9. The number of aromatic nitrogens is 1. The minimum absolute atomic E-state index is 0.473. The molecule has 2 heteroatoms. The van der Waals surface area contributed by atoms with Gasteiger partial charge in [0, 0.05) is 11.1 Å². The zero-order valence-corrected chi connectivity index (χ0v) is 16.9. The Labute approximate surface area is 172 Å². The lowest BCUT2D eigenvalue weighted by atomic mass is 9.97. The summed E-state index contributed by atoms with van der Waals surface area (Å²) in [6, 6.07) is 29.5. The summed E-state index contributed by atoms with van der Waals surface area (Å²) in [4.78, 5) is 0. The van der Waals surface area contributed by atoms with Crippen molar-refractivity contribution >= 4 is 6.08 Å². The van der Waals surface area contributed by atoms with E-state index in [4.69, 9.17) is 4.52 Å². The minimum atomic E-state index is 0.473. The fourth-order valence-electron chi connectivity index (χ4n) is 3.53. The molecule has 4 rings (SSSR count). The van der Waals surface area contributed by atoms with E-state index in [2.05, 4.69) is 103 Å². The van der Waals surface area contributed by atoms with Crippen LogP contribution < -0.4 is 0 Å². The van der Waals surface area contributed by atoms with Crippen LogP contribution in [0.2, 0.25) is 0 Å². The van der Waals surface area contributed by atoms with Gasteiger partial charge in [0.1, 0.15) is 0 Å². The van der Waals surface area contributed by atoms with Gasteiger partial charge in [0.15, 0.2) is 5.76 Å². The molecule has 2 nitrogen and oxygen atoms in total. The van der Waals surface area contributed by atoms with Crippen molar-refractivity contribution in [2.45, 2.75) is 26.2 Å². The molecular weight excluding hydrogens is 354 g/mol. The lowest BCUT2D eigenvalue weighted by Gasteiger charge is -2.08. The Morgan fingerprint density at radius 1 is 0.793 bits per heavy atom. The molecule has 0 amide bonds. The molecule has 3 aromatic carbocycles. The molecule has 0 aliphatic heterocycles. The van der Waals surface area contributed by atoms with E-state index in [9.17, 15) is 0 Å². The largest absolute Gasteiger partial charge is 0.355 e. The number of hydrogen-bond acceptors (Lipinski definition) is 2. The van der Waals surface area contributed by atoms with Crippen LogP contribution in [-0.2, 0) is 0 Å². The van der Waals surface area contributed by atoms with E-state index in [-0.39, 0.29) is 0 Å². The second-order valence-electron chi connectivity index (χ2n) is 7.40. The number of rotatable bonds is 6. The second kappa shape index (κ2) is 8.74. The van der Waals surface area contributed by atoms with Crippen LogP contribution in [0.25, 0.3) is 28.5 Å². The SMILES string of the molecule is Cc1noc(-c2ccc(-c3ccccc3)cc2)c1/C=C\CC(C)c1ccccc1. The van der Waals surface area contributed by atoms with Crippen LogP contribution >= 0.6 is 0 Å². The first-order valence-corrected chi connectivity index (χ1v) is 10.1. The van der Waals surface area contributed by atoms with E-state index in [0.717, 1.165) is 29.0 Å². The maximum Gasteiger partial charge on any atom is 0.174 e. The average Bonchev–Trinajstić information content (AvgIpc) is 3.15. The number of nitrogens with zero attached hydrogens (tertiary/aromatic N) is 1. The van der Waals surface area contributed by atoms with Gasteiger partial charge in [0.25, 0.3) is 0 Å². The van der Waals surface area contributed by atoms with Crippen molar-refractivity contribution in [3.05, 3.63) is 108 Å². The van der Waals surface area contributed by atoms with Crippen LogP contribution in [-0.4, -0.2) is 5.16 Å². The summed E-state index contributed by atoms with van der Waals surface area (Å²) in [5.41, 5.74) is 6.77. The third-order valence-electron chi connectivity index (χ3n) is 5.31. The van der Waals surface area contributed by atoms with Crippen molar-refractivity contribution in [1.82, 2.24) is 5.16 Å². The van der Waals surface area contributed by atoms with Crippen LogP contribution in [0, 0.1) is 6.92 Å². The first kappa shape index (κ1) is 18.9. The van der Waals surface area contributed by atoms with Gasteiger partial charge in [0.05, 0.1) is 5.69 Å². The molecule has 0 radical (unpaired) electrons. The molecule has 0 aliphatic rings. The van der Waals surface area contributed by atoms with Gasteiger partial charge in [-0.3, -0.25) is 0 Å². The number of hydrogen-bond donors (Lipinski definition) is 0. The van der Waals surface area contributed by atoms with E-state index >= 15 is 0 Å². The molecule has 1 heterocycles. The highest BCUT2D eigenvalue weighted by atomic mass is 16.5. The molecule has 1 unspecified atom stereocenters. The average molecular weight is 380 g/mol. The summed E-state index contributed by atoms with van der Waals surface area (Å²) in [7, 11) is 0. The van der Waals surface area contributed by atoms with E-state index in [1.54, 1.807) is 0 Å². The van der Waals surface area contributed by atoms with Gasteiger partial charge in [-0.25, -0.2) is 0 Å². The normalized spacial score (nSPS) is 12.3. The third-order valence-corrected chi connectivity index (χ3v) is 5.31. The smallest absolute Gasteiger partial charge is 0.174 e. The fourth-order valence-corrected chi connectivity index (χ4v) is 3.53. The van der Waals surface area contributed by atoms with Gasteiger partial charge in [-0.1, -0.05) is 109 Å². The maximum absolute atomic E-state index is 5.67. The van der Waals surface area contributed by atoms with Crippen LogP contribution in [0.3, 0.4) is 0 Å². The van der Waals surface area contributed by atoms with Gasteiger partial charge < -0.3 is 4.52 Å². The molecule has 0 bridgehead atoms. The third kappa shape index (κ3) is 4.38. The van der Waals surface area contributed by atoms with E-state index in [0.29, 0.717) is 5.92 Å². The predicted octanol–water partition coefficient (Wildman–Crippen LogP) is 7.52. The van der Waals surface area contributed by atoms with Crippen molar-refractivity contribution in [1.29, 1.82) is 0 Å². The Kier molecular flexibility index (Phi) is 5.71. The molecule has 0 aliphatic carbocycles. The number of allylic oxidation sites excluding steroid dienone is 1. The summed E-state index contributed by atoms with van der Waals surface area (Å²) < 4.78 is 5.67. The Bertz CT molecular complexity index is 1080. The van der Waals surface area contributed by atoms with Gasteiger partial charge in [-0.05, 0) is 36.0 Å². The molecule has 1 aromatic heterocycles. The van der Waals surface area contributed by atoms with Gasteiger partial charge in [-0.2, -0.15) is 0 Å². The van der Waals surface area contributed by atoms with Crippen molar-refractivity contribution in [2.24, 2.45) is 0 Å². The Morgan fingerprint density at radius 3 is 2.07 bits per heavy atom. The quantitative estimate of drug-likeness (QED) is 0.346. The fraction of sp³-hybridized carbons (Fsp3) is 0.148. The number of aryl methyl sites for hydroxylation is 1. The summed E-state index contributed by atoms with van der Waals surface area (Å²) in [5, 5.41) is 4.20. The van der Waals surface area contributed by atoms with E-state index in [1.807, 2.05) is 13.0 Å². The summed E-state index contributed by atoms with van der Waals surface area (Å²) >= 11 is 0. The highest BCUT2D eigenvalue weighted by Crippen LogP contribution is 2.30. The molecule has 0 saturated carbocycles. The lowest BCUT2D eigenvalue weighted by Crippen LogP contribution is -1.90. The monoisotopic (exact) mass is 379 g/mol. The molecule has 0 N–H and O–H groups in total. The predicted molar refractivity (Wildman–Crippen MR) is 121 cm³/mol. The molecular formula is C27H25NO. The zero-order chi connectivity index (χ0) is 20.1. The summed E-state index contributed by atoms with van der Waals surface area (Å²) in [6.45, 7) is 4.25. The van der Waals surface area contributed by atoms with Crippen LogP contribution in [0.15, 0.2) is 95.5 Å². The lowest BCUT2D eigenvalue weighted by molar-refractivity contribution is 0.427. The molecule has 29 heavy (non-hydrogen) atoms. The van der Waals surface area contributed by atoms with Crippen LogP contribution in [0.5, 0.6) is 0 Å². The Balaban J connectivity index is 1.53.